The van der Waals surface area contributed by atoms with E-state index in [1.807, 2.05) is 31.2 Å². The quantitative estimate of drug-likeness (QED) is 0.917. The molecule has 1 fully saturated rings. The maximum absolute atomic E-state index is 12.5. The highest BCUT2D eigenvalue weighted by atomic mass is 32.2. The Morgan fingerprint density at radius 3 is 2.48 bits per heavy atom. The van der Waals surface area contributed by atoms with Gasteiger partial charge in [0.05, 0.1) is 5.75 Å². The molecule has 6 heteroatoms. The molecule has 1 aromatic rings. The summed E-state index contributed by atoms with van der Waals surface area (Å²) in [6.07, 6.45) is 1.33. The molecule has 1 amide bonds. The van der Waals surface area contributed by atoms with Crippen LogP contribution >= 0.6 is 0 Å². The molecule has 2 rings (SSSR count). The molecule has 5 nitrogen and oxygen atoms in total. The Balaban J connectivity index is 1.95. The Hall–Kier alpha value is -1.40. The first-order valence-corrected chi connectivity index (χ1v) is 8.93. The number of nitrogens with one attached hydrogen (secondary N) is 1. The maximum Gasteiger partial charge on any atom is 0.254 e. The highest BCUT2D eigenvalue weighted by Gasteiger charge is 2.26. The third-order valence-corrected chi connectivity index (χ3v) is 5.34. The molecule has 1 saturated heterocycles. The van der Waals surface area contributed by atoms with Crippen LogP contribution in [0.15, 0.2) is 24.3 Å². The smallest absolute Gasteiger partial charge is 0.254 e. The van der Waals surface area contributed by atoms with Crippen LogP contribution in [-0.2, 0) is 10.0 Å². The number of hydrogen-bond acceptors (Lipinski definition) is 3. The fourth-order valence-corrected chi connectivity index (χ4v) is 3.43. The summed E-state index contributed by atoms with van der Waals surface area (Å²) in [7, 11) is -3.17. The van der Waals surface area contributed by atoms with E-state index in [1.54, 1.807) is 11.8 Å². The van der Waals surface area contributed by atoms with Gasteiger partial charge in [-0.15, -0.1) is 0 Å². The van der Waals surface area contributed by atoms with E-state index < -0.39 is 10.0 Å². The van der Waals surface area contributed by atoms with Gasteiger partial charge >= 0.3 is 0 Å². The van der Waals surface area contributed by atoms with Gasteiger partial charge in [0.2, 0.25) is 10.0 Å². The van der Waals surface area contributed by atoms with Gasteiger partial charge in [0.1, 0.15) is 0 Å². The van der Waals surface area contributed by atoms with Crippen molar-refractivity contribution in [2.24, 2.45) is 0 Å². The summed E-state index contributed by atoms with van der Waals surface area (Å²) >= 11 is 0. The number of aryl methyl sites for hydroxylation is 1. The number of sulfonamides is 1. The lowest BCUT2D eigenvalue weighted by Crippen LogP contribution is -2.46. The summed E-state index contributed by atoms with van der Waals surface area (Å²) in [5, 5.41) is 0. The van der Waals surface area contributed by atoms with Crippen molar-refractivity contribution in [1.29, 1.82) is 0 Å². The van der Waals surface area contributed by atoms with E-state index in [0.29, 0.717) is 25.9 Å². The Labute approximate surface area is 126 Å². The minimum absolute atomic E-state index is 0.0323. The molecule has 0 atom stereocenters. The Morgan fingerprint density at radius 2 is 1.90 bits per heavy atom. The van der Waals surface area contributed by atoms with E-state index in [9.17, 15) is 13.2 Å². The van der Waals surface area contributed by atoms with Crippen LogP contribution in [0.1, 0.15) is 35.7 Å². The van der Waals surface area contributed by atoms with Crippen molar-refractivity contribution in [3.63, 3.8) is 0 Å². The molecule has 0 aromatic heterocycles. The Morgan fingerprint density at radius 1 is 1.29 bits per heavy atom. The van der Waals surface area contributed by atoms with Gasteiger partial charge in [0.15, 0.2) is 0 Å². The molecule has 116 valence electrons. The van der Waals surface area contributed by atoms with Crippen LogP contribution in [-0.4, -0.2) is 44.1 Å². The number of likely N-dealkylation sites (tertiary alicyclic amines) is 1. The van der Waals surface area contributed by atoms with E-state index in [-0.39, 0.29) is 17.7 Å². The van der Waals surface area contributed by atoms with Crippen molar-refractivity contribution >= 4 is 15.9 Å². The number of hydrogen-bond donors (Lipinski definition) is 1. The molecular formula is C15H22N2O3S. The third-order valence-electron chi connectivity index (χ3n) is 3.88. The van der Waals surface area contributed by atoms with Crippen LogP contribution < -0.4 is 4.72 Å². The van der Waals surface area contributed by atoms with Gasteiger partial charge < -0.3 is 4.90 Å². The van der Waals surface area contributed by atoms with Crippen LogP contribution in [0.2, 0.25) is 0 Å². The highest BCUT2D eigenvalue weighted by molar-refractivity contribution is 7.89. The molecule has 0 unspecified atom stereocenters. The molecule has 0 aliphatic carbocycles. The lowest BCUT2D eigenvalue weighted by atomic mass is 10.0. The molecule has 1 aliphatic rings. The zero-order valence-electron chi connectivity index (χ0n) is 12.5. The average Bonchev–Trinajstić information content (AvgIpc) is 2.47. The van der Waals surface area contributed by atoms with E-state index in [2.05, 4.69) is 4.72 Å². The molecule has 0 bridgehead atoms. The molecular weight excluding hydrogens is 288 g/mol. The standard InChI is InChI=1S/C15H22N2O3S/c1-3-21(19,20)16-13-8-10-17(11-9-13)15(18)14-7-5-4-6-12(14)2/h4-7,13,16H,3,8-11H2,1-2H3. The summed E-state index contributed by atoms with van der Waals surface area (Å²) in [6.45, 7) is 4.72. The van der Waals surface area contributed by atoms with Gasteiger partial charge in [0.25, 0.3) is 5.91 Å². The lowest BCUT2D eigenvalue weighted by molar-refractivity contribution is 0.0710. The van der Waals surface area contributed by atoms with Crippen molar-refractivity contribution in [1.82, 2.24) is 9.62 Å². The number of amides is 1. The first kappa shape index (κ1) is 16.0. The Kier molecular flexibility index (Phi) is 5.00. The van der Waals surface area contributed by atoms with E-state index >= 15 is 0 Å². The normalized spacial score (nSPS) is 17.0. The highest BCUT2D eigenvalue weighted by Crippen LogP contribution is 2.16. The monoisotopic (exact) mass is 310 g/mol. The predicted octanol–water partition coefficient (Wildman–Crippen LogP) is 1.54. The first-order valence-electron chi connectivity index (χ1n) is 7.28. The number of carbonyl (C=O) groups is 1. The minimum Gasteiger partial charge on any atom is -0.339 e. The molecule has 0 radical (unpaired) electrons. The van der Waals surface area contributed by atoms with Crippen LogP contribution in [0.3, 0.4) is 0 Å². The molecule has 1 N–H and O–H groups in total. The Bertz CT molecular complexity index is 605. The molecule has 1 aromatic carbocycles. The van der Waals surface area contributed by atoms with Gasteiger partial charge in [-0.2, -0.15) is 0 Å². The number of carbonyl (C=O) groups excluding carboxylic acids is 1. The SMILES string of the molecule is CCS(=O)(=O)NC1CCN(C(=O)c2ccccc2C)CC1. The fourth-order valence-electron chi connectivity index (χ4n) is 2.52. The van der Waals surface area contributed by atoms with Crippen molar-refractivity contribution in [2.75, 3.05) is 18.8 Å². The minimum atomic E-state index is -3.17. The number of nitrogens with zero attached hydrogens (tertiary/aromatic N) is 1. The molecule has 1 heterocycles. The van der Waals surface area contributed by atoms with Gasteiger partial charge in [-0.3, -0.25) is 4.79 Å². The average molecular weight is 310 g/mol. The summed E-state index contributed by atoms with van der Waals surface area (Å²) < 4.78 is 25.8. The van der Waals surface area contributed by atoms with Crippen LogP contribution in [0.25, 0.3) is 0 Å². The van der Waals surface area contributed by atoms with Crippen LogP contribution in [0.4, 0.5) is 0 Å². The zero-order valence-corrected chi connectivity index (χ0v) is 13.3. The maximum atomic E-state index is 12.5. The van der Waals surface area contributed by atoms with Gasteiger partial charge in [-0.1, -0.05) is 18.2 Å². The summed E-state index contributed by atoms with van der Waals surface area (Å²) in [5.74, 6) is 0.125. The summed E-state index contributed by atoms with van der Waals surface area (Å²) in [5.41, 5.74) is 1.70. The van der Waals surface area contributed by atoms with Crippen LogP contribution in [0.5, 0.6) is 0 Å². The lowest BCUT2D eigenvalue weighted by Gasteiger charge is -2.32. The van der Waals surface area contributed by atoms with E-state index in [0.717, 1.165) is 11.1 Å². The van der Waals surface area contributed by atoms with Crippen LogP contribution in [0, 0.1) is 6.92 Å². The molecule has 21 heavy (non-hydrogen) atoms. The molecule has 0 spiro atoms. The van der Waals surface area contributed by atoms with E-state index in [4.69, 9.17) is 0 Å². The third kappa shape index (κ3) is 4.04. The zero-order chi connectivity index (χ0) is 15.5. The topological polar surface area (TPSA) is 66.5 Å². The van der Waals surface area contributed by atoms with Gasteiger partial charge in [-0.25, -0.2) is 13.1 Å². The molecule has 0 saturated carbocycles. The first-order chi connectivity index (χ1) is 9.93. The van der Waals surface area contributed by atoms with Crippen molar-refractivity contribution < 1.29 is 13.2 Å². The van der Waals surface area contributed by atoms with Crippen molar-refractivity contribution in [2.45, 2.75) is 32.7 Å². The number of rotatable bonds is 4. The second-order valence-corrected chi connectivity index (χ2v) is 7.45. The van der Waals surface area contributed by atoms with Gasteiger partial charge in [0, 0.05) is 24.7 Å². The second kappa shape index (κ2) is 6.58. The molecule has 1 aliphatic heterocycles. The fraction of sp³-hybridized carbons (Fsp3) is 0.533. The summed E-state index contributed by atoms with van der Waals surface area (Å²) in [6, 6.07) is 7.48. The largest absolute Gasteiger partial charge is 0.339 e. The number of benzene rings is 1. The van der Waals surface area contributed by atoms with Crippen molar-refractivity contribution in [3.8, 4) is 0 Å². The summed E-state index contributed by atoms with van der Waals surface area (Å²) in [4.78, 5) is 14.3. The van der Waals surface area contributed by atoms with Gasteiger partial charge in [-0.05, 0) is 38.3 Å². The van der Waals surface area contributed by atoms with Crippen molar-refractivity contribution in [3.05, 3.63) is 35.4 Å². The van der Waals surface area contributed by atoms with E-state index in [1.165, 1.54) is 0 Å². The second-order valence-electron chi connectivity index (χ2n) is 5.40. The predicted molar refractivity (Wildman–Crippen MR) is 82.7 cm³/mol. The number of piperidine rings is 1.